The number of aliphatic imine (C=N–C) groups is 1. The number of rotatable bonds is 38. The number of amides is 6. The van der Waals surface area contributed by atoms with E-state index in [2.05, 4.69) is 61.7 Å². The number of carbonyl (C=O) groups excluding carboxylic acids is 9. The molecule has 10 N–H and O–H groups in total. The van der Waals surface area contributed by atoms with Crippen LogP contribution in [-0.2, 0) is 55.8 Å². The first-order valence-corrected chi connectivity index (χ1v) is 37.8. The number of ether oxygens (including phenoxy) is 3. The number of aromatic nitrogens is 2. The molecule has 5 rings (SSSR count). The van der Waals surface area contributed by atoms with Crippen molar-refractivity contribution in [1.82, 2.24) is 57.0 Å². The molecule has 584 valence electrons. The van der Waals surface area contributed by atoms with E-state index in [1.54, 1.807) is 69.4 Å². The Bertz CT molecular complexity index is 3660. The second-order valence-electron chi connectivity index (χ2n) is 33.1. The Morgan fingerprint density at radius 2 is 1.10 bits per heavy atom. The summed E-state index contributed by atoms with van der Waals surface area (Å²) in [5, 5.41) is 41.2. The molecule has 25 heteroatoms. The first kappa shape index (κ1) is 87.5. The van der Waals surface area contributed by atoms with Gasteiger partial charge in [-0.15, -0.1) is 0 Å². The summed E-state index contributed by atoms with van der Waals surface area (Å²) in [7, 11) is 1.55. The highest BCUT2D eigenvalue weighted by molar-refractivity contribution is 6.23. The summed E-state index contributed by atoms with van der Waals surface area (Å²) in [5.41, 5.74) is 0.454. The molecule has 2 aromatic heterocycles. The van der Waals surface area contributed by atoms with Gasteiger partial charge in [-0.2, -0.15) is 0 Å². The molecule has 0 saturated carbocycles. The zero-order chi connectivity index (χ0) is 78.3. The molecule has 7 unspecified atom stereocenters. The van der Waals surface area contributed by atoms with E-state index in [0.29, 0.717) is 98.0 Å². The van der Waals surface area contributed by atoms with Crippen molar-refractivity contribution in [2.45, 2.75) is 274 Å². The predicted octanol–water partition coefficient (Wildman–Crippen LogP) is 11.2. The molecular formula is C80H126N12O13. The lowest BCUT2D eigenvalue weighted by atomic mass is 9.75. The monoisotopic (exact) mass is 1460 g/mol. The average molecular weight is 1460 g/mol. The zero-order valence-electron chi connectivity index (χ0n) is 66.5. The van der Waals surface area contributed by atoms with Crippen LogP contribution >= 0.6 is 0 Å². The fourth-order valence-electron chi connectivity index (χ4n) is 12.9. The smallest absolute Gasteiger partial charge is 0.419 e. The van der Waals surface area contributed by atoms with Gasteiger partial charge in [0, 0.05) is 118 Å². The molecule has 0 radical (unpaired) electrons. The van der Waals surface area contributed by atoms with E-state index in [0.717, 1.165) is 10.8 Å². The van der Waals surface area contributed by atoms with Gasteiger partial charge in [0.05, 0.1) is 34.7 Å². The Hall–Kier alpha value is -8.16. The number of likely N-dealkylation sites (N-methyl/N-ethyl adjacent to an activating group) is 1. The number of aliphatic hydroxyl groups excluding tert-OH is 1. The van der Waals surface area contributed by atoms with E-state index < -0.39 is 89.2 Å². The maximum Gasteiger partial charge on any atom is 0.419 e. The molecule has 7 atom stereocenters. The highest BCUT2D eigenvalue weighted by Crippen LogP contribution is 2.37. The summed E-state index contributed by atoms with van der Waals surface area (Å²) >= 11 is 0. The number of ketones is 1. The SMILES string of the molecule is CCC(NCC(NC(=O)C(CCCCNC(=O)OC(C)(C)C)NCC(Cc1cc2ccccc2n1C(=O)OC(C)(C)C)NC(=O)C(CCCCN=C(CC(C)C)C1=C(O)CC(C)(C)CC1=O)NC(C)=O)C(C)C)C(=O)NC(CNC(Cc1cc2ccccc2n1C(=O)OC(C)(C)C)C(=O)NC)CC(C)C. The van der Waals surface area contributed by atoms with Crippen LogP contribution in [0.25, 0.3) is 21.8 Å². The number of aliphatic hydroxyl groups is 1. The first-order chi connectivity index (χ1) is 49.1. The quantitative estimate of drug-likeness (QED) is 0.0113. The molecule has 1 aliphatic rings. The van der Waals surface area contributed by atoms with Crippen molar-refractivity contribution >= 4 is 81.1 Å². The molecule has 1 aliphatic carbocycles. The molecule has 0 fully saturated rings. The molecule has 105 heavy (non-hydrogen) atoms. The van der Waals surface area contributed by atoms with Crippen LogP contribution < -0.4 is 47.9 Å². The Morgan fingerprint density at radius 3 is 1.62 bits per heavy atom. The van der Waals surface area contributed by atoms with E-state index >= 15 is 4.79 Å². The van der Waals surface area contributed by atoms with Crippen LogP contribution in [0.3, 0.4) is 0 Å². The molecule has 4 aromatic rings. The Balaban J connectivity index is 1.41. The van der Waals surface area contributed by atoms with Gasteiger partial charge in [0.15, 0.2) is 5.78 Å². The van der Waals surface area contributed by atoms with Gasteiger partial charge in [-0.3, -0.25) is 33.8 Å². The molecule has 6 amide bonds. The van der Waals surface area contributed by atoms with Crippen LogP contribution in [0.15, 0.2) is 77.0 Å². The van der Waals surface area contributed by atoms with Gasteiger partial charge in [-0.25, -0.2) is 23.5 Å². The van der Waals surface area contributed by atoms with Crippen molar-refractivity contribution in [3.63, 3.8) is 0 Å². The topological polar surface area (TPSA) is 332 Å². The largest absolute Gasteiger partial charge is 0.511 e. The molecule has 2 aromatic carbocycles. The van der Waals surface area contributed by atoms with Gasteiger partial charge >= 0.3 is 18.3 Å². The third-order valence-electron chi connectivity index (χ3n) is 17.8. The van der Waals surface area contributed by atoms with E-state index in [9.17, 15) is 43.5 Å². The highest BCUT2D eigenvalue weighted by Gasteiger charge is 2.37. The molecule has 0 bridgehead atoms. The summed E-state index contributed by atoms with van der Waals surface area (Å²) in [6.45, 7) is 36.3. The third-order valence-corrected chi connectivity index (χ3v) is 17.8. The van der Waals surface area contributed by atoms with E-state index in [1.807, 2.05) is 109 Å². The standard InChI is InChI=1S/C80H126N12O13/c1-21-59(71(97)88-55(38-49(2)3)46-85-63(70(96)81-20)43-58-41-54-31-23-25-35-66(54)92(58)76(102)105-79(15,16)17)86-48-64(51(6)7)90-72(98)60(32-26-29-37-83-74(100)103-77(9,10)11)84-47-56(42-57-40-53-30-22-24-34-65(53)91(57)75(101)104-78(12,13)14)89-73(99)61(87-52(8)93)33-27-28-36-82-62(39-50(4)5)69-67(94)44-80(18,19)45-68(69)95/h22-25,30-31,34-35,40-41,49-51,55-56,59-61,63-64,84-86,94H,21,26-29,32-33,36-39,42-48H2,1-20H3,(H,81,96)(H,83,100)(H,87,93)(H,88,97)(H,89,99)(H,90,98). The summed E-state index contributed by atoms with van der Waals surface area (Å²) in [5.74, 6) is -1.78. The Labute approximate surface area is 623 Å². The van der Waals surface area contributed by atoms with Crippen LogP contribution in [0.5, 0.6) is 0 Å². The lowest BCUT2D eigenvalue weighted by Gasteiger charge is -2.30. The maximum absolute atomic E-state index is 15.1. The molecule has 2 heterocycles. The second-order valence-corrected chi connectivity index (χ2v) is 33.1. The van der Waals surface area contributed by atoms with Crippen LogP contribution in [0, 0.1) is 23.2 Å². The molecular weight excluding hydrogens is 1340 g/mol. The van der Waals surface area contributed by atoms with Gasteiger partial charge < -0.3 is 67.2 Å². The maximum atomic E-state index is 15.1. The van der Waals surface area contributed by atoms with E-state index in [4.69, 9.17) is 19.2 Å². The number of carbonyl (C=O) groups is 9. The van der Waals surface area contributed by atoms with Crippen molar-refractivity contribution in [2.75, 3.05) is 39.8 Å². The van der Waals surface area contributed by atoms with Gasteiger partial charge in [0.25, 0.3) is 0 Å². The second kappa shape index (κ2) is 40.0. The molecule has 0 saturated heterocycles. The first-order valence-electron chi connectivity index (χ1n) is 37.8. The van der Waals surface area contributed by atoms with Crippen LogP contribution in [0.4, 0.5) is 14.4 Å². The van der Waals surface area contributed by atoms with Crippen LogP contribution in [0.2, 0.25) is 0 Å². The van der Waals surface area contributed by atoms with Gasteiger partial charge in [0.1, 0.15) is 28.6 Å². The number of fused-ring (bicyclic) bond motifs is 2. The van der Waals surface area contributed by atoms with Crippen LogP contribution in [-0.4, -0.2) is 172 Å². The number of Topliss-reactive ketones (excluding diaryl/α,β-unsaturated/α-hetero) is 1. The van der Waals surface area contributed by atoms with Crippen molar-refractivity contribution in [3.05, 3.63) is 83.4 Å². The third kappa shape index (κ3) is 29.3. The number of hydrogen-bond acceptors (Lipinski definition) is 17. The number of nitrogens with one attached hydrogen (secondary N) is 9. The van der Waals surface area contributed by atoms with Crippen molar-refractivity contribution < 1.29 is 62.5 Å². The summed E-state index contributed by atoms with van der Waals surface area (Å²) in [4.78, 5) is 130. The Kier molecular flexibility index (Phi) is 33.3. The van der Waals surface area contributed by atoms with Gasteiger partial charge in [-0.05, 0) is 168 Å². The number of hydrogen-bond donors (Lipinski definition) is 10. The van der Waals surface area contributed by atoms with Gasteiger partial charge in [0.2, 0.25) is 29.5 Å². The number of allylic oxidation sites excluding steroid dienone is 2. The highest BCUT2D eigenvalue weighted by atomic mass is 16.6. The number of alkyl carbamates (subject to hydrolysis) is 1. The van der Waals surface area contributed by atoms with Crippen LogP contribution in [0.1, 0.15) is 214 Å². The minimum Gasteiger partial charge on any atom is -0.511 e. The zero-order valence-corrected chi connectivity index (χ0v) is 66.5. The van der Waals surface area contributed by atoms with Crippen molar-refractivity contribution in [1.29, 1.82) is 0 Å². The summed E-state index contributed by atoms with van der Waals surface area (Å²) in [6.07, 6.45) is 2.94. The predicted molar refractivity (Wildman–Crippen MR) is 413 cm³/mol. The molecule has 25 nitrogen and oxygen atoms in total. The minimum absolute atomic E-state index is 0.00977. The number of benzene rings is 2. The van der Waals surface area contributed by atoms with Crippen molar-refractivity contribution in [2.24, 2.45) is 28.2 Å². The van der Waals surface area contributed by atoms with E-state index in [-0.39, 0.29) is 104 Å². The van der Waals surface area contributed by atoms with Gasteiger partial charge in [-0.1, -0.05) is 98.7 Å². The van der Waals surface area contributed by atoms with Crippen molar-refractivity contribution in [3.8, 4) is 0 Å². The lowest BCUT2D eigenvalue weighted by molar-refractivity contribution is -0.128. The fourth-order valence-corrected chi connectivity index (χ4v) is 12.9. The Morgan fingerprint density at radius 1 is 0.590 bits per heavy atom. The number of para-hydroxylation sites is 2. The normalized spacial score (nSPS) is 15.8. The molecule has 0 aliphatic heterocycles. The fraction of sp³-hybridized carbons (Fsp3) is 0.650. The molecule has 0 spiro atoms. The number of unbranched alkanes of at least 4 members (excludes halogenated alkanes) is 2. The number of nitrogens with zero attached hydrogens (tertiary/aromatic N) is 3. The average Bonchev–Trinajstić information content (AvgIpc) is 1.68. The lowest BCUT2D eigenvalue weighted by Crippen LogP contribution is -2.57. The minimum atomic E-state index is -1.01. The van der Waals surface area contributed by atoms with E-state index in [1.165, 1.54) is 16.1 Å². The summed E-state index contributed by atoms with van der Waals surface area (Å²) in [6, 6.07) is 13.4. The summed E-state index contributed by atoms with van der Waals surface area (Å²) < 4.78 is 20.3.